The first-order chi connectivity index (χ1) is 12.8. The maximum atomic E-state index is 5.47. The summed E-state index contributed by atoms with van der Waals surface area (Å²) >= 11 is 0. The van der Waals surface area contributed by atoms with Gasteiger partial charge in [-0.05, 0) is 62.7 Å². The van der Waals surface area contributed by atoms with Crippen molar-refractivity contribution in [3.63, 3.8) is 0 Å². The van der Waals surface area contributed by atoms with E-state index in [0.717, 1.165) is 36.9 Å². The Morgan fingerprint density at radius 3 is 1.58 bits per heavy atom. The van der Waals surface area contributed by atoms with E-state index >= 15 is 0 Å². The fourth-order valence-electron chi connectivity index (χ4n) is 5.71. The summed E-state index contributed by atoms with van der Waals surface area (Å²) in [5.74, 6) is 4.28. The van der Waals surface area contributed by atoms with Crippen LogP contribution in [0.3, 0.4) is 0 Å². The SMILES string of the molecule is CCCCCCCC1CCC(C2CCC(CCCCOCC)CC2)CC1. The molecule has 0 unspecified atom stereocenters. The second kappa shape index (κ2) is 14.0. The Bertz CT molecular complexity index is 278. The fourth-order valence-corrected chi connectivity index (χ4v) is 5.71. The number of ether oxygens (including phenoxy) is 1. The Hall–Kier alpha value is -0.0400. The molecule has 2 aliphatic rings. The smallest absolute Gasteiger partial charge is 0.0465 e. The molecule has 2 saturated carbocycles. The van der Waals surface area contributed by atoms with Gasteiger partial charge in [-0.15, -0.1) is 0 Å². The third-order valence-corrected chi connectivity index (χ3v) is 7.52. The van der Waals surface area contributed by atoms with Crippen LogP contribution in [0.4, 0.5) is 0 Å². The minimum absolute atomic E-state index is 0.881. The summed E-state index contributed by atoms with van der Waals surface area (Å²) < 4.78 is 5.47. The molecule has 0 aromatic heterocycles. The summed E-state index contributed by atoms with van der Waals surface area (Å²) in [7, 11) is 0. The van der Waals surface area contributed by atoms with E-state index < -0.39 is 0 Å². The van der Waals surface area contributed by atoms with E-state index in [9.17, 15) is 0 Å². The van der Waals surface area contributed by atoms with Gasteiger partial charge < -0.3 is 4.74 Å². The first kappa shape index (κ1) is 22.3. The van der Waals surface area contributed by atoms with Crippen LogP contribution in [0.1, 0.15) is 123 Å². The molecular formula is C25H48O. The van der Waals surface area contributed by atoms with Crippen LogP contribution in [0.15, 0.2) is 0 Å². The van der Waals surface area contributed by atoms with Gasteiger partial charge >= 0.3 is 0 Å². The van der Waals surface area contributed by atoms with E-state index in [0.29, 0.717) is 0 Å². The standard InChI is InChI=1S/C25H48O/c1-3-5-6-7-8-11-22-13-17-24(18-14-22)25-19-15-23(16-20-25)12-9-10-21-26-4-2/h22-25H,3-21H2,1-2H3. The molecule has 0 heterocycles. The molecule has 1 nitrogen and oxygen atoms in total. The predicted octanol–water partition coefficient (Wildman–Crippen LogP) is 8.17. The van der Waals surface area contributed by atoms with Crippen molar-refractivity contribution < 1.29 is 4.74 Å². The zero-order chi connectivity index (χ0) is 18.5. The lowest BCUT2D eigenvalue weighted by Gasteiger charge is -2.38. The van der Waals surface area contributed by atoms with Crippen LogP contribution in [0, 0.1) is 23.7 Å². The number of hydrogen-bond acceptors (Lipinski definition) is 1. The summed E-state index contributed by atoms with van der Waals surface area (Å²) in [5, 5.41) is 0. The van der Waals surface area contributed by atoms with Gasteiger partial charge in [0.2, 0.25) is 0 Å². The molecule has 26 heavy (non-hydrogen) atoms. The molecular weight excluding hydrogens is 316 g/mol. The molecule has 0 aromatic rings. The second-order valence-electron chi connectivity index (χ2n) is 9.46. The average molecular weight is 365 g/mol. The highest BCUT2D eigenvalue weighted by atomic mass is 16.5. The lowest BCUT2D eigenvalue weighted by atomic mass is 9.68. The highest BCUT2D eigenvalue weighted by molar-refractivity contribution is 4.82. The summed E-state index contributed by atoms with van der Waals surface area (Å²) in [4.78, 5) is 0. The lowest BCUT2D eigenvalue weighted by molar-refractivity contribution is 0.130. The molecule has 0 amide bonds. The van der Waals surface area contributed by atoms with Gasteiger partial charge in [-0.3, -0.25) is 0 Å². The highest BCUT2D eigenvalue weighted by Crippen LogP contribution is 2.43. The molecule has 0 radical (unpaired) electrons. The summed E-state index contributed by atoms with van der Waals surface area (Å²) in [6.45, 7) is 6.28. The Morgan fingerprint density at radius 1 is 0.577 bits per heavy atom. The first-order valence-electron chi connectivity index (χ1n) is 12.4. The molecule has 154 valence electrons. The summed E-state index contributed by atoms with van der Waals surface area (Å²) in [5.41, 5.74) is 0. The first-order valence-corrected chi connectivity index (χ1v) is 12.4. The minimum atomic E-state index is 0.881. The Morgan fingerprint density at radius 2 is 1.08 bits per heavy atom. The zero-order valence-corrected chi connectivity index (χ0v) is 18.2. The zero-order valence-electron chi connectivity index (χ0n) is 18.2. The Kier molecular flexibility index (Phi) is 12.0. The van der Waals surface area contributed by atoms with Crippen LogP contribution in [0.5, 0.6) is 0 Å². The molecule has 2 aliphatic carbocycles. The van der Waals surface area contributed by atoms with Crippen molar-refractivity contribution in [3.8, 4) is 0 Å². The van der Waals surface area contributed by atoms with Crippen molar-refractivity contribution in [2.45, 2.75) is 123 Å². The van der Waals surface area contributed by atoms with Crippen molar-refractivity contribution in [3.05, 3.63) is 0 Å². The minimum Gasteiger partial charge on any atom is -0.382 e. The van der Waals surface area contributed by atoms with E-state index in [1.54, 1.807) is 38.5 Å². The van der Waals surface area contributed by atoms with Crippen LogP contribution in [0.25, 0.3) is 0 Å². The van der Waals surface area contributed by atoms with Crippen molar-refractivity contribution in [2.24, 2.45) is 23.7 Å². The predicted molar refractivity (Wildman–Crippen MR) is 115 cm³/mol. The quantitative estimate of drug-likeness (QED) is 0.299. The lowest BCUT2D eigenvalue weighted by Crippen LogP contribution is -2.26. The van der Waals surface area contributed by atoms with Crippen LogP contribution < -0.4 is 0 Å². The van der Waals surface area contributed by atoms with Gasteiger partial charge in [-0.25, -0.2) is 0 Å². The van der Waals surface area contributed by atoms with E-state index in [-0.39, 0.29) is 0 Å². The topological polar surface area (TPSA) is 9.23 Å². The molecule has 0 aromatic carbocycles. The number of hydrogen-bond donors (Lipinski definition) is 0. The van der Waals surface area contributed by atoms with Gasteiger partial charge in [0.15, 0.2) is 0 Å². The summed E-state index contributed by atoms with van der Waals surface area (Å²) in [6, 6.07) is 0. The number of rotatable bonds is 13. The fraction of sp³-hybridized carbons (Fsp3) is 1.00. The molecule has 0 bridgehead atoms. The van der Waals surface area contributed by atoms with E-state index in [1.807, 2.05) is 0 Å². The molecule has 2 rings (SSSR count). The van der Waals surface area contributed by atoms with Crippen LogP contribution in [0.2, 0.25) is 0 Å². The van der Waals surface area contributed by atoms with Crippen molar-refractivity contribution >= 4 is 0 Å². The van der Waals surface area contributed by atoms with Gasteiger partial charge in [0.05, 0.1) is 0 Å². The van der Waals surface area contributed by atoms with Crippen molar-refractivity contribution in [2.75, 3.05) is 13.2 Å². The highest BCUT2D eigenvalue weighted by Gasteiger charge is 2.30. The van der Waals surface area contributed by atoms with E-state index in [4.69, 9.17) is 4.74 Å². The summed E-state index contributed by atoms with van der Waals surface area (Å²) in [6.07, 6.45) is 25.3. The molecule has 1 heteroatoms. The monoisotopic (exact) mass is 364 g/mol. The van der Waals surface area contributed by atoms with Crippen LogP contribution in [-0.4, -0.2) is 13.2 Å². The van der Waals surface area contributed by atoms with Gasteiger partial charge in [0.1, 0.15) is 0 Å². The Balaban J connectivity index is 1.50. The maximum absolute atomic E-state index is 5.47. The van der Waals surface area contributed by atoms with E-state index in [1.165, 1.54) is 70.6 Å². The largest absolute Gasteiger partial charge is 0.382 e. The average Bonchev–Trinajstić information content (AvgIpc) is 2.69. The molecule has 0 N–H and O–H groups in total. The second-order valence-corrected chi connectivity index (χ2v) is 9.46. The Labute approximate surface area is 165 Å². The van der Waals surface area contributed by atoms with Crippen LogP contribution >= 0.6 is 0 Å². The van der Waals surface area contributed by atoms with Gasteiger partial charge in [0.25, 0.3) is 0 Å². The van der Waals surface area contributed by atoms with Gasteiger partial charge in [0, 0.05) is 13.2 Å². The molecule has 2 fully saturated rings. The van der Waals surface area contributed by atoms with Crippen molar-refractivity contribution in [1.29, 1.82) is 0 Å². The third-order valence-electron chi connectivity index (χ3n) is 7.52. The third kappa shape index (κ3) is 8.77. The van der Waals surface area contributed by atoms with Crippen molar-refractivity contribution in [1.82, 2.24) is 0 Å². The molecule has 0 saturated heterocycles. The van der Waals surface area contributed by atoms with Gasteiger partial charge in [-0.2, -0.15) is 0 Å². The van der Waals surface area contributed by atoms with E-state index in [2.05, 4.69) is 13.8 Å². The molecule has 0 spiro atoms. The molecule has 0 aliphatic heterocycles. The number of unbranched alkanes of at least 4 members (excludes halogenated alkanes) is 5. The normalized spacial score (nSPS) is 29.8. The van der Waals surface area contributed by atoms with Gasteiger partial charge in [-0.1, -0.05) is 84.0 Å². The van der Waals surface area contributed by atoms with Crippen LogP contribution in [-0.2, 0) is 4.74 Å². The maximum Gasteiger partial charge on any atom is 0.0465 e. The molecule has 0 atom stereocenters.